The Bertz CT molecular complexity index is 537. The number of rotatable bonds is 5. The SMILES string of the molecule is CN(C)Cc1ccc(NC2CCCC2S(C)(=O)=O)cc1. The quantitative estimate of drug-likeness (QED) is 0.904. The van der Waals surface area contributed by atoms with Crippen molar-refractivity contribution in [3.05, 3.63) is 29.8 Å². The molecule has 1 aromatic carbocycles. The molecule has 2 atom stereocenters. The van der Waals surface area contributed by atoms with Gasteiger partial charge in [0.15, 0.2) is 9.84 Å². The van der Waals surface area contributed by atoms with Gasteiger partial charge in [0.25, 0.3) is 0 Å². The Morgan fingerprint density at radius 3 is 2.40 bits per heavy atom. The van der Waals surface area contributed by atoms with Gasteiger partial charge in [-0.3, -0.25) is 0 Å². The molecule has 0 aromatic heterocycles. The van der Waals surface area contributed by atoms with Crippen LogP contribution in [0.1, 0.15) is 24.8 Å². The van der Waals surface area contributed by atoms with Gasteiger partial charge in [0.1, 0.15) is 0 Å². The molecule has 5 heteroatoms. The predicted octanol–water partition coefficient (Wildman–Crippen LogP) is 2.13. The van der Waals surface area contributed by atoms with E-state index in [0.717, 1.165) is 31.5 Å². The van der Waals surface area contributed by atoms with Crippen molar-refractivity contribution in [3.63, 3.8) is 0 Å². The van der Waals surface area contributed by atoms with Gasteiger partial charge in [-0.15, -0.1) is 0 Å². The van der Waals surface area contributed by atoms with Gasteiger partial charge in [-0.05, 0) is 51.1 Å². The zero-order chi connectivity index (χ0) is 14.8. The van der Waals surface area contributed by atoms with Gasteiger partial charge in [0.05, 0.1) is 5.25 Å². The van der Waals surface area contributed by atoms with Gasteiger partial charge in [-0.2, -0.15) is 0 Å². The molecule has 1 fully saturated rings. The molecule has 20 heavy (non-hydrogen) atoms. The van der Waals surface area contributed by atoms with Crippen LogP contribution in [0.25, 0.3) is 0 Å². The van der Waals surface area contributed by atoms with Crippen LogP contribution < -0.4 is 5.32 Å². The van der Waals surface area contributed by atoms with E-state index in [1.807, 2.05) is 26.2 Å². The maximum atomic E-state index is 11.8. The minimum absolute atomic E-state index is 0.0460. The van der Waals surface area contributed by atoms with Crippen molar-refractivity contribution in [3.8, 4) is 0 Å². The van der Waals surface area contributed by atoms with E-state index in [-0.39, 0.29) is 11.3 Å². The first-order chi connectivity index (χ1) is 9.36. The van der Waals surface area contributed by atoms with Crippen molar-refractivity contribution < 1.29 is 8.42 Å². The molecule has 0 heterocycles. The highest BCUT2D eigenvalue weighted by Gasteiger charge is 2.34. The largest absolute Gasteiger partial charge is 0.381 e. The molecular formula is C15H24N2O2S. The maximum Gasteiger partial charge on any atom is 0.152 e. The zero-order valence-electron chi connectivity index (χ0n) is 12.5. The number of nitrogens with one attached hydrogen (secondary N) is 1. The van der Waals surface area contributed by atoms with E-state index < -0.39 is 9.84 Å². The van der Waals surface area contributed by atoms with Gasteiger partial charge in [-0.1, -0.05) is 12.1 Å². The third-order valence-electron chi connectivity index (χ3n) is 3.81. The molecule has 1 aromatic rings. The van der Waals surface area contributed by atoms with Crippen molar-refractivity contribution in [2.45, 2.75) is 37.1 Å². The number of sulfone groups is 1. The highest BCUT2D eigenvalue weighted by atomic mass is 32.2. The van der Waals surface area contributed by atoms with Crippen LogP contribution in [-0.4, -0.2) is 45.0 Å². The van der Waals surface area contributed by atoms with Crippen molar-refractivity contribution in [1.82, 2.24) is 4.90 Å². The van der Waals surface area contributed by atoms with Crippen LogP contribution in [0.4, 0.5) is 5.69 Å². The summed E-state index contributed by atoms with van der Waals surface area (Å²) in [5, 5.41) is 3.14. The lowest BCUT2D eigenvalue weighted by Crippen LogP contribution is -2.34. The van der Waals surface area contributed by atoms with E-state index in [0.29, 0.717) is 0 Å². The second-order valence-corrected chi connectivity index (χ2v) is 8.25. The topological polar surface area (TPSA) is 49.4 Å². The van der Waals surface area contributed by atoms with Crippen LogP contribution in [0.3, 0.4) is 0 Å². The first-order valence-corrected chi connectivity index (χ1v) is 9.01. The summed E-state index contributed by atoms with van der Waals surface area (Å²) in [5.41, 5.74) is 2.26. The first kappa shape index (κ1) is 15.3. The Hall–Kier alpha value is -1.07. The van der Waals surface area contributed by atoms with E-state index in [2.05, 4.69) is 22.3 Å². The molecule has 0 bridgehead atoms. The maximum absolute atomic E-state index is 11.8. The molecule has 2 unspecified atom stereocenters. The number of hydrogen-bond acceptors (Lipinski definition) is 4. The molecule has 1 aliphatic rings. The highest BCUT2D eigenvalue weighted by molar-refractivity contribution is 7.91. The van der Waals surface area contributed by atoms with Crippen molar-refractivity contribution in [2.75, 3.05) is 25.7 Å². The van der Waals surface area contributed by atoms with Gasteiger partial charge in [0.2, 0.25) is 0 Å². The Balaban J connectivity index is 2.03. The van der Waals surface area contributed by atoms with Crippen LogP contribution >= 0.6 is 0 Å². The monoisotopic (exact) mass is 296 g/mol. The highest BCUT2D eigenvalue weighted by Crippen LogP contribution is 2.28. The Morgan fingerprint density at radius 1 is 1.20 bits per heavy atom. The number of anilines is 1. The van der Waals surface area contributed by atoms with Gasteiger partial charge in [-0.25, -0.2) is 8.42 Å². The van der Waals surface area contributed by atoms with Gasteiger partial charge in [0, 0.05) is 24.5 Å². The van der Waals surface area contributed by atoms with Crippen LogP contribution in [0.2, 0.25) is 0 Å². The van der Waals surface area contributed by atoms with E-state index in [9.17, 15) is 8.42 Å². The number of hydrogen-bond donors (Lipinski definition) is 1. The molecule has 0 amide bonds. The zero-order valence-corrected chi connectivity index (χ0v) is 13.3. The number of benzene rings is 1. The molecule has 1 N–H and O–H groups in total. The van der Waals surface area contributed by atoms with E-state index in [1.165, 1.54) is 11.8 Å². The summed E-state index contributed by atoms with van der Waals surface area (Å²) in [5.74, 6) is 0. The third kappa shape index (κ3) is 3.96. The fourth-order valence-electron chi connectivity index (χ4n) is 2.89. The molecule has 0 radical (unpaired) electrons. The minimum atomic E-state index is -2.97. The number of nitrogens with zero attached hydrogens (tertiary/aromatic N) is 1. The van der Waals surface area contributed by atoms with E-state index in [1.54, 1.807) is 0 Å². The summed E-state index contributed by atoms with van der Waals surface area (Å²) in [4.78, 5) is 2.12. The van der Waals surface area contributed by atoms with E-state index in [4.69, 9.17) is 0 Å². The van der Waals surface area contributed by atoms with Crippen molar-refractivity contribution in [2.24, 2.45) is 0 Å². The van der Waals surface area contributed by atoms with Gasteiger partial charge < -0.3 is 10.2 Å². The summed E-state index contributed by atoms with van der Waals surface area (Å²) in [6.07, 6.45) is 4.03. The molecule has 0 spiro atoms. The van der Waals surface area contributed by atoms with Crippen LogP contribution in [-0.2, 0) is 16.4 Å². The molecule has 2 rings (SSSR count). The summed E-state index contributed by atoms with van der Waals surface area (Å²) in [7, 11) is 1.12. The second kappa shape index (κ2) is 6.14. The summed E-state index contributed by atoms with van der Waals surface area (Å²) in [6, 6.07) is 8.30. The van der Waals surface area contributed by atoms with Gasteiger partial charge >= 0.3 is 0 Å². The minimum Gasteiger partial charge on any atom is -0.381 e. The molecule has 112 valence electrons. The Kier molecular flexibility index (Phi) is 4.70. The standard InChI is InChI=1S/C15H24N2O2S/c1-17(2)11-12-7-9-13(10-8-12)16-14-5-4-6-15(14)20(3,18)19/h7-10,14-16H,4-6,11H2,1-3H3. The lowest BCUT2D eigenvalue weighted by atomic mass is 10.1. The normalized spacial score (nSPS) is 23.2. The molecule has 0 saturated heterocycles. The summed E-state index contributed by atoms with van der Waals surface area (Å²) >= 11 is 0. The van der Waals surface area contributed by atoms with Crippen molar-refractivity contribution in [1.29, 1.82) is 0 Å². The lowest BCUT2D eigenvalue weighted by Gasteiger charge is -2.21. The summed E-state index contributed by atoms with van der Waals surface area (Å²) in [6.45, 7) is 0.912. The van der Waals surface area contributed by atoms with Crippen LogP contribution in [0, 0.1) is 0 Å². The predicted molar refractivity (Wildman–Crippen MR) is 83.7 cm³/mol. The van der Waals surface area contributed by atoms with Crippen LogP contribution in [0.5, 0.6) is 0 Å². The average Bonchev–Trinajstić information content (AvgIpc) is 2.79. The van der Waals surface area contributed by atoms with E-state index >= 15 is 0 Å². The average molecular weight is 296 g/mol. The fourth-order valence-corrected chi connectivity index (χ4v) is 4.28. The molecule has 1 aliphatic carbocycles. The summed E-state index contributed by atoms with van der Waals surface area (Å²) < 4.78 is 23.5. The first-order valence-electron chi connectivity index (χ1n) is 7.05. The molecule has 4 nitrogen and oxygen atoms in total. The van der Waals surface area contributed by atoms with Crippen molar-refractivity contribution >= 4 is 15.5 Å². The lowest BCUT2D eigenvalue weighted by molar-refractivity contribution is 0.402. The smallest absolute Gasteiger partial charge is 0.152 e. The second-order valence-electron chi connectivity index (χ2n) is 5.98. The fraction of sp³-hybridized carbons (Fsp3) is 0.600. The van der Waals surface area contributed by atoms with Crippen LogP contribution in [0.15, 0.2) is 24.3 Å². The Morgan fingerprint density at radius 2 is 1.85 bits per heavy atom. The Labute approximate surface area is 122 Å². The molecule has 0 aliphatic heterocycles. The molecular weight excluding hydrogens is 272 g/mol. The third-order valence-corrected chi connectivity index (χ3v) is 5.47. The molecule has 1 saturated carbocycles.